The van der Waals surface area contributed by atoms with Crippen molar-refractivity contribution in [3.05, 3.63) is 22.7 Å². The number of aromatic nitrogens is 2. The number of rotatable bonds is 22. The van der Waals surface area contributed by atoms with Gasteiger partial charge >= 0.3 is 13.3 Å². The Bertz CT molecular complexity index is 756. The molecule has 1 unspecified atom stereocenters. The molecule has 1 aromatic heterocycles. The maximum Gasteiger partial charge on any atom is 0.353 e. The van der Waals surface area contributed by atoms with Crippen LogP contribution in [0.5, 0.6) is 0 Å². The monoisotopic (exact) mass is 539 g/mol. The van der Waals surface area contributed by atoms with Gasteiger partial charge in [0.1, 0.15) is 12.2 Å². The summed E-state index contributed by atoms with van der Waals surface area (Å²) >= 11 is 0. The largest absolute Gasteiger partial charge is 0.394 e. The number of hydrogen-bond acceptors (Lipinski definition) is 9. The first-order valence-corrected chi connectivity index (χ1v) is 16.4. The van der Waals surface area contributed by atoms with Crippen LogP contribution in [0.1, 0.15) is 71.1 Å². The van der Waals surface area contributed by atoms with Gasteiger partial charge in [-0.05, 0) is 25.3 Å². The number of aliphatic hydroxyl groups is 1. The lowest BCUT2D eigenvalue weighted by atomic mass is 10.1. The fourth-order valence-corrected chi connectivity index (χ4v) is 6.27. The highest BCUT2D eigenvalue weighted by atomic mass is 33.1. The molecule has 198 valence electrons. The highest BCUT2D eigenvalue weighted by Gasteiger charge is 2.22. The molecule has 0 fully saturated rings. The van der Waals surface area contributed by atoms with Gasteiger partial charge in [-0.3, -0.25) is 9.13 Å². The molecule has 0 amide bonds. The summed E-state index contributed by atoms with van der Waals surface area (Å²) in [6, 6.07) is 1.45. The summed E-state index contributed by atoms with van der Waals surface area (Å²) in [6.07, 6.45) is 11.9. The topological polar surface area (TPSA) is 137 Å². The van der Waals surface area contributed by atoms with Crippen LogP contribution in [0.4, 0.5) is 5.82 Å². The summed E-state index contributed by atoms with van der Waals surface area (Å²) in [5, 5.41) is 9.45. The van der Waals surface area contributed by atoms with Gasteiger partial charge in [-0.1, -0.05) is 73.5 Å². The molecule has 4 N–H and O–H groups in total. The molecule has 0 aliphatic rings. The van der Waals surface area contributed by atoms with E-state index in [2.05, 4.69) is 11.9 Å². The van der Waals surface area contributed by atoms with Crippen LogP contribution >= 0.6 is 29.2 Å². The van der Waals surface area contributed by atoms with Crippen molar-refractivity contribution in [2.75, 3.05) is 36.8 Å². The molecule has 12 heteroatoms. The quantitative estimate of drug-likeness (QED) is 0.108. The van der Waals surface area contributed by atoms with Gasteiger partial charge < -0.3 is 25.0 Å². The van der Waals surface area contributed by atoms with Crippen molar-refractivity contribution < 1.29 is 23.8 Å². The maximum atomic E-state index is 12.2. The van der Waals surface area contributed by atoms with E-state index in [1.165, 1.54) is 61.1 Å². The number of ether oxygens (including phenoxy) is 1. The Kier molecular flexibility index (Phi) is 18.2. The van der Waals surface area contributed by atoms with Crippen molar-refractivity contribution in [2.24, 2.45) is 0 Å². The first-order chi connectivity index (χ1) is 16.4. The second-order valence-electron chi connectivity index (χ2n) is 8.18. The standard InChI is InChI=1S/C22H42N3O6PS2/c1-2-3-4-5-7-10-15-33-34-16-11-8-6-9-14-31-32(28,29)19-30-20(18-26)17-25-13-12-21(23)24-22(25)27/h12-13,20,26H,2-11,14-19H2,1H3,(H,28,29)(H2,23,24,27)/t20-/m0/s1. The van der Waals surface area contributed by atoms with Crippen LogP contribution in [-0.2, 0) is 20.4 Å². The molecule has 0 aliphatic carbocycles. The molecule has 1 aromatic rings. The molecule has 0 spiro atoms. The Hall–Kier alpha value is -0.550. The second kappa shape index (κ2) is 19.6. The van der Waals surface area contributed by atoms with E-state index < -0.39 is 32.3 Å². The number of anilines is 1. The summed E-state index contributed by atoms with van der Waals surface area (Å²) < 4.78 is 23.8. The molecule has 1 heterocycles. The number of nitrogens with two attached hydrogens (primary N) is 1. The van der Waals surface area contributed by atoms with E-state index in [9.17, 15) is 19.4 Å². The van der Waals surface area contributed by atoms with Gasteiger partial charge in [0.25, 0.3) is 0 Å². The van der Waals surface area contributed by atoms with E-state index in [1.807, 2.05) is 21.6 Å². The fraction of sp³-hybridized carbons (Fsp3) is 0.818. The molecular formula is C22H42N3O6PS2. The van der Waals surface area contributed by atoms with Crippen LogP contribution in [0.25, 0.3) is 0 Å². The Labute approximate surface area is 211 Å². The van der Waals surface area contributed by atoms with Crippen molar-refractivity contribution in [1.82, 2.24) is 9.55 Å². The summed E-state index contributed by atoms with van der Waals surface area (Å²) in [7, 11) is -0.0363. The lowest BCUT2D eigenvalue weighted by Crippen LogP contribution is -2.32. The summed E-state index contributed by atoms with van der Waals surface area (Å²) in [5.74, 6) is 2.45. The van der Waals surface area contributed by atoms with E-state index in [-0.39, 0.29) is 19.0 Å². The number of nitrogens with zero attached hydrogens (tertiary/aromatic N) is 2. The SMILES string of the molecule is CCCCCCCCSSCCCCCCOP(=O)(O)CO[C@H](CO)Cn1ccc(N)nc1=O. The van der Waals surface area contributed by atoms with E-state index in [0.29, 0.717) is 6.42 Å². The molecule has 0 saturated carbocycles. The minimum atomic E-state index is -3.93. The van der Waals surface area contributed by atoms with Gasteiger partial charge in [0.05, 0.1) is 25.9 Å². The highest BCUT2D eigenvalue weighted by molar-refractivity contribution is 8.76. The molecule has 1 rings (SSSR count). The smallest absolute Gasteiger partial charge is 0.353 e. The molecular weight excluding hydrogens is 497 g/mol. The van der Waals surface area contributed by atoms with Crippen LogP contribution in [0.3, 0.4) is 0 Å². The zero-order valence-corrected chi connectivity index (χ0v) is 22.8. The van der Waals surface area contributed by atoms with Crippen molar-refractivity contribution in [1.29, 1.82) is 0 Å². The summed E-state index contributed by atoms with van der Waals surface area (Å²) in [5.41, 5.74) is 4.86. The van der Waals surface area contributed by atoms with E-state index in [4.69, 9.17) is 15.0 Å². The van der Waals surface area contributed by atoms with E-state index >= 15 is 0 Å². The van der Waals surface area contributed by atoms with Crippen LogP contribution in [0.2, 0.25) is 0 Å². The van der Waals surface area contributed by atoms with Crippen molar-refractivity contribution in [2.45, 2.75) is 83.8 Å². The minimum absolute atomic E-state index is 0.0160. The minimum Gasteiger partial charge on any atom is -0.394 e. The van der Waals surface area contributed by atoms with Crippen molar-refractivity contribution in [3.63, 3.8) is 0 Å². The van der Waals surface area contributed by atoms with Crippen LogP contribution < -0.4 is 11.4 Å². The molecule has 9 nitrogen and oxygen atoms in total. The predicted octanol–water partition coefficient (Wildman–Crippen LogP) is 4.66. The van der Waals surface area contributed by atoms with Crippen molar-refractivity contribution >= 4 is 35.0 Å². The van der Waals surface area contributed by atoms with Crippen LogP contribution in [0.15, 0.2) is 17.1 Å². The van der Waals surface area contributed by atoms with Crippen LogP contribution in [-0.4, -0.2) is 56.7 Å². The van der Waals surface area contributed by atoms with E-state index in [0.717, 1.165) is 25.0 Å². The zero-order chi connectivity index (χ0) is 25.1. The lowest BCUT2D eigenvalue weighted by molar-refractivity contribution is 0.0167. The van der Waals surface area contributed by atoms with Gasteiger partial charge in [-0.2, -0.15) is 4.98 Å². The number of nitrogen functional groups attached to an aromatic ring is 1. The molecule has 0 bridgehead atoms. The van der Waals surface area contributed by atoms with Crippen molar-refractivity contribution in [3.8, 4) is 0 Å². The normalized spacial score (nSPS) is 14.2. The maximum absolute atomic E-state index is 12.2. The number of unbranched alkanes of at least 4 members (excludes halogenated alkanes) is 8. The third-order valence-corrected chi connectivity index (χ3v) is 8.69. The Balaban J connectivity index is 2.04. The Morgan fingerprint density at radius 1 is 1.09 bits per heavy atom. The van der Waals surface area contributed by atoms with Gasteiger partial charge in [-0.15, -0.1) is 0 Å². The lowest BCUT2D eigenvalue weighted by Gasteiger charge is -2.19. The third-order valence-electron chi connectivity index (χ3n) is 5.05. The first-order valence-electron chi connectivity index (χ1n) is 12.1. The van der Waals surface area contributed by atoms with Gasteiger partial charge in [0, 0.05) is 17.7 Å². The third kappa shape index (κ3) is 16.2. The molecule has 0 aromatic carbocycles. The fourth-order valence-electron chi connectivity index (χ4n) is 3.08. The number of aliphatic hydroxyl groups excluding tert-OH is 1. The molecule has 34 heavy (non-hydrogen) atoms. The molecule has 0 saturated heterocycles. The summed E-state index contributed by atoms with van der Waals surface area (Å²) in [4.78, 5) is 25.3. The second-order valence-corrected chi connectivity index (χ2v) is 12.7. The zero-order valence-electron chi connectivity index (χ0n) is 20.3. The highest BCUT2D eigenvalue weighted by Crippen LogP contribution is 2.42. The van der Waals surface area contributed by atoms with E-state index in [1.54, 1.807) is 0 Å². The van der Waals surface area contributed by atoms with Gasteiger partial charge in [-0.25, -0.2) is 4.79 Å². The average Bonchev–Trinajstić information content (AvgIpc) is 2.80. The van der Waals surface area contributed by atoms with Gasteiger partial charge in [0.15, 0.2) is 0 Å². The average molecular weight is 540 g/mol. The predicted molar refractivity (Wildman–Crippen MR) is 142 cm³/mol. The Morgan fingerprint density at radius 3 is 2.32 bits per heavy atom. The molecule has 2 atom stereocenters. The first kappa shape index (κ1) is 31.5. The number of hydrogen-bond donors (Lipinski definition) is 3. The van der Waals surface area contributed by atoms with Gasteiger partial charge in [0.2, 0.25) is 0 Å². The molecule has 0 radical (unpaired) electrons. The summed E-state index contributed by atoms with van der Waals surface area (Å²) in [6.45, 7) is 1.98. The van der Waals surface area contributed by atoms with Crippen LogP contribution in [0, 0.1) is 0 Å². The molecule has 0 aliphatic heterocycles. The Morgan fingerprint density at radius 2 is 1.71 bits per heavy atom.